The maximum absolute atomic E-state index is 11.9. The minimum atomic E-state index is -0.791. The lowest BCUT2D eigenvalue weighted by Gasteiger charge is -2.32. The molecule has 2 unspecified atom stereocenters. The van der Waals surface area contributed by atoms with Crippen LogP contribution in [0.1, 0.15) is 30.0 Å². The summed E-state index contributed by atoms with van der Waals surface area (Å²) in [5.41, 5.74) is 1.94. The first-order chi connectivity index (χ1) is 14.0. The van der Waals surface area contributed by atoms with Gasteiger partial charge in [0.2, 0.25) is 5.75 Å². The number of thioether (sulfide) groups is 1. The summed E-state index contributed by atoms with van der Waals surface area (Å²) < 4.78 is 16.5. The first-order valence-electron chi connectivity index (χ1n) is 9.46. The quantitative estimate of drug-likeness (QED) is 0.649. The van der Waals surface area contributed by atoms with E-state index in [1.54, 1.807) is 33.1 Å². The molecule has 0 aromatic heterocycles. The Bertz CT molecular complexity index is 830. The molecular formula is C22H27NO5S. The van der Waals surface area contributed by atoms with Crippen molar-refractivity contribution < 1.29 is 24.1 Å². The molecule has 2 aromatic carbocycles. The number of nitrogens with zero attached hydrogens (tertiary/aromatic N) is 1. The van der Waals surface area contributed by atoms with E-state index in [1.807, 2.05) is 18.4 Å². The predicted molar refractivity (Wildman–Crippen MR) is 114 cm³/mol. The van der Waals surface area contributed by atoms with E-state index in [9.17, 15) is 9.90 Å². The number of rotatable bonds is 8. The molecule has 7 heteroatoms. The maximum atomic E-state index is 11.9. The molecule has 0 bridgehead atoms. The van der Waals surface area contributed by atoms with Crippen molar-refractivity contribution in [3.63, 3.8) is 0 Å². The topological polar surface area (TPSA) is 68.2 Å². The molecule has 0 radical (unpaired) electrons. The van der Waals surface area contributed by atoms with E-state index in [4.69, 9.17) is 14.2 Å². The molecule has 0 spiro atoms. The highest BCUT2D eigenvalue weighted by molar-refractivity contribution is 7.98. The molecule has 6 nitrogen and oxygen atoms in total. The lowest BCUT2D eigenvalue weighted by Crippen LogP contribution is -2.39. The lowest BCUT2D eigenvalue weighted by molar-refractivity contribution is -0.142. The second-order valence-corrected chi connectivity index (χ2v) is 7.75. The van der Waals surface area contributed by atoms with Crippen LogP contribution in [0.2, 0.25) is 0 Å². The van der Waals surface area contributed by atoms with Crippen LogP contribution in [0.3, 0.4) is 0 Å². The van der Waals surface area contributed by atoms with Gasteiger partial charge in [-0.2, -0.15) is 0 Å². The molecule has 0 aliphatic carbocycles. The van der Waals surface area contributed by atoms with E-state index < -0.39 is 12.0 Å². The van der Waals surface area contributed by atoms with Crippen molar-refractivity contribution in [1.82, 2.24) is 4.90 Å². The zero-order valence-corrected chi connectivity index (χ0v) is 18.0. The van der Waals surface area contributed by atoms with Crippen LogP contribution in [0, 0.1) is 0 Å². The average molecular weight is 418 g/mol. The molecule has 3 rings (SSSR count). The minimum absolute atomic E-state index is 0.233. The van der Waals surface area contributed by atoms with Gasteiger partial charge in [-0.15, -0.1) is 11.8 Å². The largest absolute Gasteiger partial charge is 0.493 e. The highest BCUT2D eigenvalue weighted by atomic mass is 32.2. The highest BCUT2D eigenvalue weighted by Gasteiger charge is 2.37. The third kappa shape index (κ3) is 4.31. The minimum Gasteiger partial charge on any atom is -0.493 e. The van der Waals surface area contributed by atoms with Crippen LogP contribution >= 0.6 is 11.8 Å². The number of carboxylic acids is 1. The van der Waals surface area contributed by atoms with Crippen molar-refractivity contribution in [1.29, 1.82) is 0 Å². The van der Waals surface area contributed by atoms with E-state index in [0.717, 1.165) is 22.4 Å². The number of hydrogen-bond acceptors (Lipinski definition) is 6. The van der Waals surface area contributed by atoms with Crippen LogP contribution < -0.4 is 14.2 Å². The number of carbonyl (C=O) groups is 1. The number of methoxy groups -OCH3 is 3. The summed E-state index contributed by atoms with van der Waals surface area (Å²) in [6.07, 6.45) is 3.52. The fraction of sp³-hybridized carbons (Fsp3) is 0.409. The fourth-order valence-electron chi connectivity index (χ4n) is 3.98. The van der Waals surface area contributed by atoms with E-state index in [1.165, 1.54) is 0 Å². The summed E-state index contributed by atoms with van der Waals surface area (Å²) in [6, 6.07) is 11.3. The van der Waals surface area contributed by atoms with Crippen LogP contribution in [0.25, 0.3) is 0 Å². The zero-order valence-electron chi connectivity index (χ0n) is 17.2. The Kier molecular flexibility index (Phi) is 6.92. The molecular weight excluding hydrogens is 390 g/mol. The van der Waals surface area contributed by atoms with Gasteiger partial charge < -0.3 is 19.3 Å². The molecule has 1 fully saturated rings. The summed E-state index contributed by atoms with van der Waals surface area (Å²) in [4.78, 5) is 15.1. The van der Waals surface area contributed by atoms with Crippen molar-refractivity contribution in [3.05, 3.63) is 47.5 Å². The first-order valence-corrected chi connectivity index (χ1v) is 10.7. The number of aliphatic carboxylic acids is 1. The molecule has 1 aliphatic rings. The van der Waals surface area contributed by atoms with Crippen LogP contribution in [0.4, 0.5) is 0 Å². The number of ether oxygens (including phenoxy) is 3. The molecule has 29 heavy (non-hydrogen) atoms. The fourth-order valence-corrected chi connectivity index (χ4v) is 4.39. The molecule has 2 aromatic rings. The van der Waals surface area contributed by atoms with Gasteiger partial charge in [-0.3, -0.25) is 9.69 Å². The van der Waals surface area contributed by atoms with Crippen molar-refractivity contribution >= 4 is 17.7 Å². The Hall–Kier alpha value is -2.38. The Morgan fingerprint density at radius 1 is 1.07 bits per heavy atom. The van der Waals surface area contributed by atoms with Crippen molar-refractivity contribution in [2.75, 3.05) is 34.1 Å². The lowest BCUT2D eigenvalue weighted by atomic mass is 9.95. The maximum Gasteiger partial charge on any atom is 0.320 e. The van der Waals surface area contributed by atoms with Gasteiger partial charge in [-0.25, -0.2) is 0 Å². The van der Waals surface area contributed by atoms with Crippen molar-refractivity contribution in [2.45, 2.75) is 29.8 Å². The molecule has 1 N–H and O–H groups in total. The molecule has 156 valence electrons. The molecule has 1 aliphatic heterocycles. The average Bonchev–Trinajstić information content (AvgIpc) is 3.23. The van der Waals surface area contributed by atoms with Gasteiger partial charge in [-0.1, -0.05) is 12.1 Å². The summed E-state index contributed by atoms with van der Waals surface area (Å²) in [5, 5.41) is 9.78. The Morgan fingerprint density at radius 2 is 1.69 bits per heavy atom. The summed E-state index contributed by atoms with van der Waals surface area (Å²) >= 11 is 1.68. The third-order valence-electron chi connectivity index (χ3n) is 5.35. The van der Waals surface area contributed by atoms with Crippen LogP contribution in [-0.2, 0) is 4.79 Å². The van der Waals surface area contributed by atoms with Crippen molar-refractivity contribution in [3.8, 4) is 17.2 Å². The highest BCUT2D eigenvalue weighted by Crippen LogP contribution is 2.43. The van der Waals surface area contributed by atoms with Crippen molar-refractivity contribution in [2.24, 2.45) is 0 Å². The van der Waals surface area contributed by atoms with Crippen LogP contribution in [-0.4, -0.2) is 56.1 Å². The van der Waals surface area contributed by atoms with E-state index in [0.29, 0.717) is 30.2 Å². The Balaban J connectivity index is 2.15. The second kappa shape index (κ2) is 9.41. The van der Waals surface area contributed by atoms with E-state index in [-0.39, 0.29) is 6.04 Å². The Morgan fingerprint density at radius 3 is 2.17 bits per heavy atom. The van der Waals surface area contributed by atoms with Gasteiger partial charge in [0, 0.05) is 11.4 Å². The van der Waals surface area contributed by atoms with Gasteiger partial charge in [0.1, 0.15) is 6.04 Å². The summed E-state index contributed by atoms with van der Waals surface area (Å²) in [5.74, 6) is 0.837. The summed E-state index contributed by atoms with van der Waals surface area (Å²) in [6.45, 7) is 0.711. The standard InChI is InChI=1S/C22H27NO5S/c1-26-18-12-15(13-19(27-2)21(18)28-3)20(14-7-9-16(29-4)10-8-14)23-11-5-6-17(23)22(24)25/h7-10,12-13,17,20H,5-6,11H2,1-4H3,(H,24,25). The van der Waals surface area contributed by atoms with Gasteiger partial charge >= 0.3 is 5.97 Å². The molecule has 2 atom stereocenters. The van der Waals surface area contributed by atoms with Gasteiger partial charge in [0.15, 0.2) is 11.5 Å². The smallest absolute Gasteiger partial charge is 0.320 e. The van der Waals surface area contributed by atoms with Crippen LogP contribution in [0.5, 0.6) is 17.2 Å². The van der Waals surface area contributed by atoms with E-state index >= 15 is 0 Å². The second-order valence-electron chi connectivity index (χ2n) is 6.87. The normalized spacial score (nSPS) is 17.7. The summed E-state index contributed by atoms with van der Waals surface area (Å²) in [7, 11) is 4.73. The molecule has 0 saturated carbocycles. The first kappa shape index (κ1) is 21.3. The van der Waals surface area contributed by atoms with Gasteiger partial charge in [0.25, 0.3) is 0 Å². The monoisotopic (exact) mass is 417 g/mol. The predicted octanol–water partition coefficient (Wildman–Crippen LogP) is 4.07. The Labute approximate surface area is 175 Å². The molecule has 1 saturated heterocycles. The third-order valence-corrected chi connectivity index (χ3v) is 6.09. The number of likely N-dealkylation sites (tertiary alicyclic amines) is 1. The van der Waals surface area contributed by atoms with E-state index in [2.05, 4.69) is 29.2 Å². The van der Waals surface area contributed by atoms with Crippen LogP contribution in [0.15, 0.2) is 41.3 Å². The molecule has 0 amide bonds. The van der Waals surface area contributed by atoms with Gasteiger partial charge in [0.05, 0.1) is 27.4 Å². The number of carboxylic acid groups (broad SMARTS) is 1. The SMILES string of the molecule is COc1cc(C(c2ccc(SC)cc2)N2CCCC2C(=O)O)cc(OC)c1OC. The number of benzene rings is 2. The molecule has 1 heterocycles. The zero-order chi connectivity index (χ0) is 21.0. The van der Waals surface area contributed by atoms with Gasteiger partial charge in [-0.05, 0) is 54.5 Å². The number of hydrogen-bond donors (Lipinski definition) is 1.